The van der Waals surface area contributed by atoms with Crippen LogP contribution in [0.5, 0.6) is 0 Å². The second-order valence-electron chi connectivity index (χ2n) is 2.02. The summed E-state index contributed by atoms with van der Waals surface area (Å²) in [7, 11) is 0. The molecule has 0 saturated carbocycles. The molecule has 0 heterocycles. The first-order valence-electron chi connectivity index (χ1n) is 3.25. The molecule has 0 unspecified atom stereocenters. The standard InChI is InChI=1S/C8H8Cl2S/c9-8(10)6-11-7-4-2-1-3-5-7/h1-5,8H,6H2. The lowest BCUT2D eigenvalue weighted by molar-refractivity contribution is 1.38. The molecule has 0 aliphatic carbocycles. The van der Waals surface area contributed by atoms with E-state index in [4.69, 9.17) is 23.2 Å². The van der Waals surface area contributed by atoms with E-state index < -0.39 is 0 Å². The van der Waals surface area contributed by atoms with Gasteiger partial charge >= 0.3 is 0 Å². The van der Waals surface area contributed by atoms with Crippen molar-refractivity contribution in [3.05, 3.63) is 30.3 Å². The van der Waals surface area contributed by atoms with Gasteiger partial charge in [-0.1, -0.05) is 18.2 Å². The second kappa shape index (κ2) is 4.91. The number of benzene rings is 1. The van der Waals surface area contributed by atoms with E-state index in [1.54, 1.807) is 11.8 Å². The molecule has 1 aromatic rings. The molecule has 1 rings (SSSR count). The lowest BCUT2D eigenvalue weighted by Gasteiger charge is -1.99. The summed E-state index contributed by atoms with van der Waals surface area (Å²) < 4.78 is 0. The van der Waals surface area contributed by atoms with E-state index in [1.807, 2.05) is 30.3 Å². The molecular formula is C8H8Cl2S. The monoisotopic (exact) mass is 206 g/mol. The molecule has 0 aromatic heterocycles. The molecule has 0 radical (unpaired) electrons. The van der Waals surface area contributed by atoms with Crippen LogP contribution in [0.3, 0.4) is 0 Å². The molecule has 0 N–H and O–H groups in total. The Kier molecular flexibility index (Phi) is 4.13. The Morgan fingerprint density at radius 3 is 2.36 bits per heavy atom. The van der Waals surface area contributed by atoms with Crippen molar-refractivity contribution < 1.29 is 0 Å². The van der Waals surface area contributed by atoms with Gasteiger partial charge in [-0.05, 0) is 12.1 Å². The van der Waals surface area contributed by atoms with Crippen LogP contribution < -0.4 is 0 Å². The van der Waals surface area contributed by atoms with E-state index in [2.05, 4.69) is 0 Å². The molecule has 0 saturated heterocycles. The molecule has 0 aliphatic heterocycles. The summed E-state index contributed by atoms with van der Waals surface area (Å²) in [5, 5.41) is 0. The largest absolute Gasteiger partial charge is 0.123 e. The van der Waals surface area contributed by atoms with Crippen molar-refractivity contribution >= 4 is 35.0 Å². The van der Waals surface area contributed by atoms with Gasteiger partial charge in [0.25, 0.3) is 0 Å². The Hall–Kier alpha value is 0.150. The van der Waals surface area contributed by atoms with Crippen LogP contribution in [0, 0.1) is 0 Å². The number of halogens is 2. The van der Waals surface area contributed by atoms with Gasteiger partial charge in [-0.15, -0.1) is 35.0 Å². The minimum atomic E-state index is -0.278. The van der Waals surface area contributed by atoms with Gasteiger partial charge in [-0.25, -0.2) is 0 Å². The Bertz CT molecular complexity index is 199. The highest BCUT2D eigenvalue weighted by molar-refractivity contribution is 7.99. The fourth-order valence-corrected chi connectivity index (χ4v) is 1.72. The van der Waals surface area contributed by atoms with Gasteiger partial charge in [0.15, 0.2) is 0 Å². The summed E-state index contributed by atoms with van der Waals surface area (Å²) in [6, 6.07) is 10.1. The van der Waals surface area contributed by atoms with E-state index in [0.29, 0.717) is 0 Å². The van der Waals surface area contributed by atoms with E-state index in [-0.39, 0.29) is 4.84 Å². The Morgan fingerprint density at radius 1 is 1.18 bits per heavy atom. The Morgan fingerprint density at radius 2 is 1.82 bits per heavy atom. The smallest absolute Gasteiger partial charge is 0.117 e. The van der Waals surface area contributed by atoms with Crippen LogP contribution in [0.2, 0.25) is 0 Å². The number of hydrogen-bond acceptors (Lipinski definition) is 1. The number of alkyl halides is 2. The fraction of sp³-hybridized carbons (Fsp3) is 0.250. The molecule has 1 aromatic carbocycles. The van der Waals surface area contributed by atoms with Crippen molar-refractivity contribution in [1.82, 2.24) is 0 Å². The third-order valence-electron chi connectivity index (χ3n) is 1.12. The Balaban J connectivity index is 2.39. The quantitative estimate of drug-likeness (QED) is 0.539. The SMILES string of the molecule is ClC(Cl)CSc1ccccc1. The van der Waals surface area contributed by atoms with Gasteiger partial charge in [0.1, 0.15) is 4.84 Å². The molecular weight excluding hydrogens is 199 g/mol. The molecule has 0 atom stereocenters. The average molecular weight is 207 g/mol. The van der Waals surface area contributed by atoms with Crippen LogP contribution in [0.25, 0.3) is 0 Å². The highest BCUT2D eigenvalue weighted by Crippen LogP contribution is 2.20. The maximum Gasteiger partial charge on any atom is 0.117 e. The molecule has 0 fully saturated rings. The predicted octanol–water partition coefficient (Wildman–Crippen LogP) is 3.58. The van der Waals surface area contributed by atoms with Crippen molar-refractivity contribution in [3.8, 4) is 0 Å². The molecule has 0 nitrogen and oxygen atoms in total. The maximum atomic E-state index is 5.57. The first-order valence-corrected chi connectivity index (χ1v) is 5.11. The lowest BCUT2D eigenvalue weighted by atomic mass is 10.4. The third kappa shape index (κ3) is 3.90. The normalized spacial score (nSPS) is 10.5. The number of hydrogen-bond donors (Lipinski definition) is 0. The molecule has 3 heteroatoms. The minimum absolute atomic E-state index is 0.278. The molecule has 0 bridgehead atoms. The molecule has 0 spiro atoms. The fourth-order valence-electron chi connectivity index (χ4n) is 0.676. The Labute approximate surface area is 80.9 Å². The van der Waals surface area contributed by atoms with Crippen molar-refractivity contribution in [2.45, 2.75) is 9.73 Å². The van der Waals surface area contributed by atoms with E-state index in [9.17, 15) is 0 Å². The third-order valence-corrected chi connectivity index (χ3v) is 2.90. The summed E-state index contributed by atoms with van der Waals surface area (Å²) >= 11 is 12.8. The van der Waals surface area contributed by atoms with Gasteiger partial charge in [-0.2, -0.15) is 0 Å². The number of rotatable bonds is 3. The summed E-state index contributed by atoms with van der Waals surface area (Å²) in [5.74, 6) is 0.743. The predicted molar refractivity (Wildman–Crippen MR) is 52.7 cm³/mol. The second-order valence-corrected chi connectivity index (χ2v) is 4.39. The lowest BCUT2D eigenvalue weighted by Crippen LogP contribution is -1.89. The first kappa shape index (κ1) is 9.24. The summed E-state index contributed by atoms with van der Waals surface area (Å²) in [6.45, 7) is 0. The maximum absolute atomic E-state index is 5.57. The molecule has 0 amide bonds. The average Bonchev–Trinajstić information content (AvgIpc) is 2.03. The van der Waals surface area contributed by atoms with Gasteiger partial charge in [0, 0.05) is 10.6 Å². The van der Waals surface area contributed by atoms with Crippen LogP contribution in [-0.4, -0.2) is 10.6 Å². The van der Waals surface area contributed by atoms with Crippen LogP contribution >= 0.6 is 35.0 Å². The summed E-state index contributed by atoms with van der Waals surface area (Å²) in [5.41, 5.74) is 0. The van der Waals surface area contributed by atoms with Crippen molar-refractivity contribution in [2.75, 3.05) is 5.75 Å². The van der Waals surface area contributed by atoms with E-state index in [0.717, 1.165) is 5.75 Å². The van der Waals surface area contributed by atoms with E-state index >= 15 is 0 Å². The zero-order chi connectivity index (χ0) is 8.10. The van der Waals surface area contributed by atoms with Crippen LogP contribution in [0.1, 0.15) is 0 Å². The van der Waals surface area contributed by atoms with Gasteiger partial charge in [0.05, 0.1) is 0 Å². The summed E-state index contributed by atoms with van der Waals surface area (Å²) in [6.07, 6.45) is 0. The first-order chi connectivity index (χ1) is 5.29. The summed E-state index contributed by atoms with van der Waals surface area (Å²) in [4.78, 5) is 0.930. The minimum Gasteiger partial charge on any atom is -0.123 e. The van der Waals surface area contributed by atoms with E-state index in [1.165, 1.54) is 4.90 Å². The molecule has 60 valence electrons. The van der Waals surface area contributed by atoms with Gasteiger partial charge in [0.2, 0.25) is 0 Å². The van der Waals surface area contributed by atoms with Gasteiger partial charge in [-0.3, -0.25) is 0 Å². The van der Waals surface area contributed by atoms with Crippen LogP contribution in [0.4, 0.5) is 0 Å². The number of thioether (sulfide) groups is 1. The highest BCUT2D eigenvalue weighted by atomic mass is 35.5. The van der Waals surface area contributed by atoms with Crippen LogP contribution in [0.15, 0.2) is 35.2 Å². The van der Waals surface area contributed by atoms with Gasteiger partial charge < -0.3 is 0 Å². The zero-order valence-electron chi connectivity index (χ0n) is 5.84. The molecule has 11 heavy (non-hydrogen) atoms. The highest BCUT2D eigenvalue weighted by Gasteiger charge is 1.98. The topological polar surface area (TPSA) is 0 Å². The van der Waals surface area contributed by atoms with Crippen molar-refractivity contribution in [1.29, 1.82) is 0 Å². The van der Waals surface area contributed by atoms with Crippen molar-refractivity contribution in [2.24, 2.45) is 0 Å². The zero-order valence-corrected chi connectivity index (χ0v) is 8.16. The van der Waals surface area contributed by atoms with Crippen molar-refractivity contribution in [3.63, 3.8) is 0 Å². The molecule has 0 aliphatic rings. The van der Waals surface area contributed by atoms with Crippen LogP contribution in [-0.2, 0) is 0 Å².